The van der Waals surface area contributed by atoms with E-state index in [0.717, 1.165) is 0 Å². The highest BCUT2D eigenvalue weighted by atomic mass is 35.5. The largest absolute Gasteiger partial charge is 0.433 e. The zero-order valence-corrected chi connectivity index (χ0v) is 18.2. The number of cyclic esters (lactones) is 1. The van der Waals surface area contributed by atoms with Crippen LogP contribution < -0.4 is 21.9 Å². The zero-order valence-electron chi connectivity index (χ0n) is 17.5. The summed E-state index contributed by atoms with van der Waals surface area (Å²) >= 11 is 5.95. The Balaban J connectivity index is 1.74. The summed E-state index contributed by atoms with van der Waals surface area (Å²) in [6.45, 7) is 3.57. The van der Waals surface area contributed by atoms with E-state index in [9.17, 15) is 19.2 Å². The molecule has 1 fully saturated rings. The van der Waals surface area contributed by atoms with Gasteiger partial charge in [0.15, 0.2) is 0 Å². The Hall–Kier alpha value is -3.37. The molecule has 1 aliphatic rings. The lowest BCUT2D eigenvalue weighted by Crippen LogP contribution is -2.45. The predicted molar refractivity (Wildman–Crippen MR) is 117 cm³/mol. The SMILES string of the molecule is CCO[C@@H]1OC(=O)C[C@@H]1NC(=O)[C@@H](C)n1cccc(NC(=O)c2ccc(N)c(Cl)c2)c1=O. The second-order valence-electron chi connectivity index (χ2n) is 7.13. The number of hydrogen-bond acceptors (Lipinski definition) is 7. The summed E-state index contributed by atoms with van der Waals surface area (Å²) in [4.78, 5) is 49.7. The van der Waals surface area contributed by atoms with Crippen LogP contribution in [0.3, 0.4) is 0 Å². The summed E-state index contributed by atoms with van der Waals surface area (Å²) in [5.74, 6) is -1.54. The molecule has 170 valence electrons. The van der Waals surface area contributed by atoms with Crippen molar-refractivity contribution in [2.45, 2.75) is 38.6 Å². The molecule has 0 bridgehead atoms. The summed E-state index contributed by atoms with van der Waals surface area (Å²) in [6.07, 6.45) is 0.523. The van der Waals surface area contributed by atoms with Crippen molar-refractivity contribution in [3.8, 4) is 0 Å². The van der Waals surface area contributed by atoms with Gasteiger partial charge in [-0.15, -0.1) is 0 Å². The summed E-state index contributed by atoms with van der Waals surface area (Å²) in [6, 6.07) is 5.73. The number of esters is 1. The van der Waals surface area contributed by atoms with Crippen LogP contribution in [0, 0.1) is 0 Å². The van der Waals surface area contributed by atoms with E-state index < -0.39 is 41.7 Å². The first-order valence-electron chi connectivity index (χ1n) is 9.90. The van der Waals surface area contributed by atoms with Gasteiger partial charge in [-0.05, 0) is 44.2 Å². The third kappa shape index (κ3) is 5.09. The zero-order chi connectivity index (χ0) is 23.4. The Bertz CT molecular complexity index is 1100. The molecule has 1 aromatic carbocycles. The number of halogens is 1. The maximum Gasteiger partial charge on any atom is 0.310 e. The van der Waals surface area contributed by atoms with E-state index in [-0.39, 0.29) is 22.7 Å². The van der Waals surface area contributed by atoms with Gasteiger partial charge >= 0.3 is 5.97 Å². The smallest absolute Gasteiger partial charge is 0.310 e. The van der Waals surface area contributed by atoms with Crippen molar-refractivity contribution in [3.05, 3.63) is 57.5 Å². The number of ether oxygens (including phenoxy) is 2. The van der Waals surface area contributed by atoms with Gasteiger partial charge in [-0.2, -0.15) is 0 Å². The van der Waals surface area contributed by atoms with Crippen molar-refractivity contribution in [2.75, 3.05) is 17.7 Å². The van der Waals surface area contributed by atoms with Gasteiger partial charge in [-0.3, -0.25) is 19.2 Å². The fourth-order valence-electron chi connectivity index (χ4n) is 3.17. The molecule has 2 heterocycles. The molecule has 3 atom stereocenters. The lowest BCUT2D eigenvalue weighted by Gasteiger charge is -2.21. The number of pyridine rings is 1. The topological polar surface area (TPSA) is 142 Å². The molecule has 2 aromatic rings. The summed E-state index contributed by atoms with van der Waals surface area (Å²) in [7, 11) is 0. The first-order chi connectivity index (χ1) is 15.2. The Kier molecular flexibility index (Phi) is 7.16. The summed E-state index contributed by atoms with van der Waals surface area (Å²) in [5.41, 5.74) is 5.60. The molecule has 3 rings (SSSR count). The van der Waals surface area contributed by atoms with E-state index in [1.54, 1.807) is 6.92 Å². The van der Waals surface area contributed by atoms with E-state index in [4.69, 9.17) is 26.8 Å². The minimum absolute atomic E-state index is 0.0170. The van der Waals surface area contributed by atoms with Gasteiger partial charge in [0.1, 0.15) is 17.8 Å². The predicted octanol–water partition coefficient (Wildman–Crippen LogP) is 1.69. The second-order valence-corrected chi connectivity index (χ2v) is 7.54. The molecule has 2 amide bonds. The van der Waals surface area contributed by atoms with Gasteiger partial charge in [-0.1, -0.05) is 11.6 Å². The fourth-order valence-corrected chi connectivity index (χ4v) is 3.35. The maximum atomic E-state index is 12.9. The molecular formula is C21H23ClN4O6. The summed E-state index contributed by atoms with van der Waals surface area (Å²) < 4.78 is 11.5. The fraction of sp³-hybridized carbons (Fsp3) is 0.333. The van der Waals surface area contributed by atoms with Gasteiger partial charge in [-0.25, -0.2) is 0 Å². The highest BCUT2D eigenvalue weighted by Crippen LogP contribution is 2.20. The van der Waals surface area contributed by atoms with E-state index in [1.807, 2.05) is 0 Å². The molecule has 11 heteroatoms. The number of amides is 2. The minimum Gasteiger partial charge on any atom is -0.433 e. The van der Waals surface area contributed by atoms with Crippen LogP contribution in [0.25, 0.3) is 0 Å². The molecule has 0 saturated carbocycles. The molecule has 0 unspecified atom stereocenters. The van der Waals surface area contributed by atoms with Crippen molar-refractivity contribution in [2.24, 2.45) is 0 Å². The summed E-state index contributed by atoms with van der Waals surface area (Å²) in [5, 5.41) is 5.42. The second kappa shape index (κ2) is 9.84. The van der Waals surface area contributed by atoms with Gasteiger partial charge in [0.05, 0.1) is 17.1 Å². The van der Waals surface area contributed by atoms with Crippen LogP contribution in [0.1, 0.15) is 36.7 Å². The van der Waals surface area contributed by atoms with Gasteiger partial charge < -0.3 is 30.4 Å². The molecule has 0 radical (unpaired) electrons. The Morgan fingerprint density at radius 2 is 2.09 bits per heavy atom. The van der Waals surface area contributed by atoms with Crippen molar-refractivity contribution in [1.29, 1.82) is 0 Å². The molecule has 1 aliphatic heterocycles. The monoisotopic (exact) mass is 462 g/mol. The lowest BCUT2D eigenvalue weighted by molar-refractivity contribution is -0.164. The molecule has 0 aliphatic carbocycles. The van der Waals surface area contributed by atoms with Crippen LogP contribution >= 0.6 is 11.6 Å². The quantitative estimate of drug-likeness (QED) is 0.419. The molecule has 4 N–H and O–H groups in total. The maximum absolute atomic E-state index is 12.9. The minimum atomic E-state index is -0.928. The van der Waals surface area contributed by atoms with E-state index in [1.165, 1.54) is 48.0 Å². The number of carbonyl (C=O) groups is 3. The molecule has 10 nitrogen and oxygen atoms in total. The normalized spacial score (nSPS) is 18.7. The Labute approximate surface area is 188 Å². The average Bonchev–Trinajstić information content (AvgIpc) is 3.09. The number of nitrogens with zero attached hydrogens (tertiary/aromatic N) is 1. The molecular weight excluding hydrogens is 440 g/mol. The lowest BCUT2D eigenvalue weighted by atomic mass is 10.2. The number of nitrogens with one attached hydrogen (secondary N) is 2. The number of nitrogen functional groups attached to an aromatic ring is 1. The number of hydrogen-bond donors (Lipinski definition) is 3. The number of aromatic nitrogens is 1. The van der Waals surface area contributed by atoms with Gasteiger partial charge in [0, 0.05) is 18.4 Å². The van der Waals surface area contributed by atoms with E-state index in [0.29, 0.717) is 12.3 Å². The number of anilines is 2. The third-order valence-corrected chi connectivity index (χ3v) is 5.23. The van der Waals surface area contributed by atoms with E-state index >= 15 is 0 Å². The first kappa shape index (κ1) is 23.3. The average molecular weight is 463 g/mol. The van der Waals surface area contributed by atoms with Crippen LogP contribution in [-0.4, -0.2) is 41.3 Å². The van der Waals surface area contributed by atoms with Crippen LogP contribution in [0.15, 0.2) is 41.3 Å². The number of nitrogens with two attached hydrogens (primary N) is 1. The van der Waals surface area contributed by atoms with Gasteiger partial charge in [0.2, 0.25) is 12.2 Å². The Morgan fingerprint density at radius 1 is 1.34 bits per heavy atom. The van der Waals surface area contributed by atoms with Crippen molar-refractivity contribution >= 4 is 40.8 Å². The van der Waals surface area contributed by atoms with Crippen LogP contribution in [-0.2, 0) is 19.1 Å². The highest BCUT2D eigenvalue weighted by Gasteiger charge is 2.37. The third-order valence-electron chi connectivity index (χ3n) is 4.90. The van der Waals surface area contributed by atoms with Crippen LogP contribution in [0.5, 0.6) is 0 Å². The number of rotatable bonds is 7. The molecule has 32 heavy (non-hydrogen) atoms. The highest BCUT2D eigenvalue weighted by molar-refractivity contribution is 6.33. The number of carbonyl (C=O) groups excluding carboxylic acids is 3. The van der Waals surface area contributed by atoms with Crippen molar-refractivity contribution < 1.29 is 23.9 Å². The van der Waals surface area contributed by atoms with E-state index in [2.05, 4.69) is 10.6 Å². The van der Waals surface area contributed by atoms with Gasteiger partial charge in [0.25, 0.3) is 11.5 Å². The van der Waals surface area contributed by atoms with Crippen LogP contribution in [0.2, 0.25) is 5.02 Å². The molecule has 1 saturated heterocycles. The number of benzene rings is 1. The van der Waals surface area contributed by atoms with Crippen LogP contribution in [0.4, 0.5) is 11.4 Å². The Morgan fingerprint density at radius 3 is 2.78 bits per heavy atom. The molecule has 0 spiro atoms. The standard InChI is InChI=1S/C21H23ClN4O6/c1-3-31-21-16(10-17(27)32-21)25-18(28)11(2)26-8-4-5-15(20(26)30)24-19(29)12-6-7-14(23)13(22)9-12/h4-9,11,16,21H,3,10,23H2,1-2H3,(H,24,29)(H,25,28)/t11-,16+,21-/m1/s1. The first-order valence-corrected chi connectivity index (χ1v) is 10.3. The van der Waals surface area contributed by atoms with Crippen molar-refractivity contribution in [1.82, 2.24) is 9.88 Å². The van der Waals surface area contributed by atoms with Crippen molar-refractivity contribution in [3.63, 3.8) is 0 Å². The molecule has 1 aromatic heterocycles.